The number of hydrogen-bond acceptors (Lipinski definition) is 2. The van der Waals surface area contributed by atoms with Crippen LogP contribution in [0.1, 0.15) is 15.9 Å². The number of carbonyl (C=O) groups is 1. The van der Waals surface area contributed by atoms with Gasteiger partial charge in [0.25, 0.3) is 5.91 Å². The Kier molecular flexibility index (Phi) is 3.71. The quantitative estimate of drug-likeness (QED) is 0.824. The number of amides is 1. The van der Waals surface area contributed by atoms with Crippen molar-refractivity contribution in [1.29, 1.82) is 0 Å². The lowest BCUT2D eigenvalue weighted by Gasteiger charge is -2.08. The first-order valence-corrected chi connectivity index (χ1v) is 5.97. The second-order valence-electron chi connectivity index (χ2n) is 4.21. The molecule has 0 aliphatic heterocycles. The zero-order valence-corrected chi connectivity index (χ0v) is 11.0. The Labute approximate surface area is 115 Å². The molecule has 0 atom stereocenters. The maximum absolute atomic E-state index is 12.9. The lowest BCUT2D eigenvalue weighted by atomic mass is 10.1. The molecule has 5 heteroatoms. The summed E-state index contributed by atoms with van der Waals surface area (Å²) in [4.78, 5) is 12.0. The zero-order valence-electron chi connectivity index (χ0n) is 10.2. The summed E-state index contributed by atoms with van der Waals surface area (Å²) in [7, 11) is 0. The highest BCUT2D eigenvalue weighted by Gasteiger charge is 2.10. The predicted molar refractivity (Wildman–Crippen MR) is 75.0 cm³/mol. The molecule has 0 bridgehead atoms. The van der Waals surface area contributed by atoms with E-state index in [1.54, 1.807) is 18.2 Å². The van der Waals surface area contributed by atoms with Crippen molar-refractivity contribution in [3.8, 4) is 0 Å². The van der Waals surface area contributed by atoms with E-state index in [1.807, 2.05) is 6.92 Å². The molecule has 0 aliphatic carbocycles. The van der Waals surface area contributed by atoms with Crippen molar-refractivity contribution < 1.29 is 9.18 Å². The Morgan fingerprint density at radius 1 is 1.26 bits per heavy atom. The number of carbonyl (C=O) groups excluding carboxylic acids is 1. The lowest BCUT2D eigenvalue weighted by molar-refractivity contribution is 0.102. The minimum absolute atomic E-state index is 0.147. The van der Waals surface area contributed by atoms with Crippen LogP contribution in [-0.4, -0.2) is 5.91 Å². The van der Waals surface area contributed by atoms with E-state index in [0.717, 1.165) is 11.6 Å². The molecule has 3 nitrogen and oxygen atoms in total. The summed E-state index contributed by atoms with van der Waals surface area (Å²) in [5.41, 5.74) is 7.86. The Hall–Kier alpha value is -2.07. The predicted octanol–water partition coefficient (Wildman–Crippen LogP) is 3.62. The molecule has 0 saturated carbocycles. The number of halogens is 2. The molecule has 2 aromatic rings. The number of anilines is 2. The maximum Gasteiger partial charge on any atom is 0.255 e. The molecule has 0 saturated heterocycles. The number of nitrogens with one attached hydrogen (secondary N) is 1. The average molecular weight is 279 g/mol. The van der Waals surface area contributed by atoms with Crippen LogP contribution in [0, 0.1) is 12.7 Å². The fourth-order valence-corrected chi connectivity index (χ4v) is 1.94. The SMILES string of the molecule is Cc1cc(N)cc(C(=O)Nc2ccc(F)cc2Cl)c1. The van der Waals surface area contributed by atoms with Crippen molar-refractivity contribution in [2.24, 2.45) is 0 Å². The van der Waals surface area contributed by atoms with Crippen LogP contribution in [0.4, 0.5) is 15.8 Å². The van der Waals surface area contributed by atoms with Crippen LogP contribution in [0.15, 0.2) is 36.4 Å². The molecule has 0 spiro atoms. The van der Waals surface area contributed by atoms with E-state index in [1.165, 1.54) is 12.1 Å². The number of nitrogen functional groups attached to an aromatic ring is 1. The van der Waals surface area contributed by atoms with Gasteiger partial charge in [-0.1, -0.05) is 11.6 Å². The number of hydrogen-bond donors (Lipinski definition) is 2. The Bertz CT molecular complexity index is 623. The normalized spacial score (nSPS) is 10.3. The Balaban J connectivity index is 2.25. The molecule has 0 aromatic heterocycles. The van der Waals surface area contributed by atoms with Gasteiger partial charge in [0.15, 0.2) is 0 Å². The first-order chi connectivity index (χ1) is 8.95. The summed E-state index contributed by atoms with van der Waals surface area (Å²) in [6.07, 6.45) is 0. The number of benzene rings is 2. The van der Waals surface area contributed by atoms with E-state index in [2.05, 4.69) is 5.32 Å². The number of nitrogens with two attached hydrogens (primary N) is 1. The molecule has 0 fully saturated rings. The standard InChI is InChI=1S/C14H12ClFN2O/c1-8-4-9(6-11(17)5-8)14(19)18-13-3-2-10(16)7-12(13)15/h2-7H,17H2,1H3,(H,18,19). The van der Waals surface area contributed by atoms with Crippen molar-refractivity contribution in [2.75, 3.05) is 11.1 Å². The highest BCUT2D eigenvalue weighted by atomic mass is 35.5. The molecule has 19 heavy (non-hydrogen) atoms. The van der Waals surface area contributed by atoms with Gasteiger partial charge in [-0.2, -0.15) is 0 Å². The van der Waals surface area contributed by atoms with Crippen molar-refractivity contribution in [3.05, 3.63) is 58.4 Å². The first-order valence-electron chi connectivity index (χ1n) is 5.59. The van der Waals surface area contributed by atoms with Crippen LogP contribution in [-0.2, 0) is 0 Å². The summed E-state index contributed by atoms with van der Waals surface area (Å²) in [5.74, 6) is -0.799. The Morgan fingerprint density at radius 3 is 2.63 bits per heavy atom. The molecule has 0 radical (unpaired) electrons. The smallest absolute Gasteiger partial charge is 0.255 e. The van der Waals surface area contributed by atoms with E-state index in [0.29, 0.717) is 16.9 Å². The van der Waals surface area contributed by atoms with Crippen molar-refractivity contribution >= 4 is 28.9 Å². The minimum Gasteiger partial charge on any atom is -0.399 e. The number of aryl methyl sites for hydroxylation is 1. The van der Waals surface area contributed by atoms with Gasteiger partial charge in [0, 0.05) is 11.3 Å². The number of rotatable bonds is 2. The summed E-state index contributed by atoms with van der Waals surface area (Å²) in [6.45, 7) is 1.85. The van der Waals surface area contributed by atoms with Gasteiger partial charge in [-0.25, -0.2) is 4.39 Å². The molecule has 0 unspecified atom stereocenters. The van der Waals surface area contributed by atoms with E-state index < -0.39 is 5.82 Å². The molecule has 2 aromatic carbocycles. The van der Waals surface area contributed by atoms with Crippen LogP contribution in [0.3, 0.4) is 0 Å². The van der Waals surface area contributed by atoms with Gasteiger partial charge in [0.05, 0.1) is 10.7 Å². The van der Waals surface area contributed by atoms with Gasteiger partial charge >= 0.3 is 0 Å². The van der Waals surface area contributed by atoms with Crippen LogP contribution in [0.5, 0.6) is 0 Å². The highest BCUT2D eigenvalue weighted by molar-refractivity contribution is 6.33. The average Bonchev–Trinajstić information content (AvgIpc) is 2.31. The van der Waals surface area contributed by atoms with Crippen LogP contribution < -0.4 is 11.1 Å². The van der Waals surface area contributed by atoms with Gasteiger partial charge in [-0.3, -0.25) is 4.79 Å². The molecule has 0 aliphatic rings. The van der Waals surface area contributed by atoms with E-state index in [9.17, 15) is 9.18 Å². The van der Waals surface area contributed by atoms with Crippen molar-refractivity contribution in [2.45, 2.75) is 6.92 Å². The first kappa shape index (κ1) is 13.4. The van der Waals surface area contributed by atoms with E-state index in [4.69, 9.17) is 17.3 Å². The van der Waals surface area contributed by atoms with Gasteiger partial charge in [-0.15, -0.1) is 0 Å². The van der Waals surface area contributed by atoms with Crippen molar-refractivity contribution in [3.63, 3.8) is 0 Å². The highest BCUT2D eigenvalue weighted by Crippen LogP contribution is 2.23. The van der Waals surface area contributed by atoms with Gasteiger partial charge in [0.2, 0.25) is 0 Å². The largest absolute Gasteiger partial charge is 0.399 e. The molecule has 2 rings (SSSR count). The monoisotopic (exact) mass is 278 g/mol. The topological polar surface area (TPSA) is 55.1 Å². The second-order valence-corrected chi connectivity index (χ2v) is 4.62. The summed E-state index contributed by atoms with van der Waals surface area (Å²) in [6, 6.07) is 8.83. The molecular formula is C14H12ClFN2O. The molecule has 1 amide bonds. The fraction of sp³-hybridized carbons (Fsp3) is 0.0714. The molecule has 3 N–H and O–H groups in total. The maximum atomic E-state index is 12.9. The fourth-order valence-electron chi connectivity index (χ4n) is 1.73. The van der Waals surface area contributed by atoms with E-state index >= 15 is 0 Å². The summed E-state index contributed by atoms with van der Waals surface area (Å²) < 4.78 is 12.9. The third kappa shape index (κ3) is 3.23. The lowest BCUT2D eigenvalue weighted by Crippen LogP contribution is -2.13. The minimum atomic E-state index is -0.456. The molecule has 98 valence electrons. The third-order valence-electron chi connectivity index (χ3n) is 2.54. The second kappa shape index (κ2) is 5.28. The third-order valence-corrected chi connectivity index (χ3v) is 2.85. The van der Waals surface area contributed by atoms with E-state index in [-0.39, 0.29) is 10.9 Å². The Morgan fingerprint density at radius 2 is 2.00 bits per heavy atom. The van der Waals surface area contributed by atoms with Gasteiger partial charge in [0.1, 0.15) is 5.82 Å². The summed E-state index contributed by atoms with van der Waals surface area (Å²) in [5, 5.41) is 2.76. The van der Waals surface area contributed by atoms with Crippen LogP contribution >= 0.6 is 11.6 Å². The van der Waals surface area contributed by atoms with Crippen LogP contribution in [0.25, 0.3) is 0 Å². The van der Waals surface area contributed by atoms with Gasteiger partial charge < -0.3 is 11.1 Å². The van der Waals surface area contributed by atoms with Crippen molar-refractivity contribution in [1.82, 2.24) is 0 Å². The zero-order chi connectivity index (χ0) is 14.0. The van der Waals surface area contributed by atoms with Crippen LogP contribution in [0.2, 0.25) is 5.02 Å². The molecule has 0 heterocycles. The van der Waals surface area contributed by atoms with Gasteiger partial charge in [-0.05, 0) is 48.9 Å². The summed E-state index contributed by atoms with van der Waals surface area (Å²) >= 11 is 5.84. The molecular weight excluding hydrogens is 267 g/mol.